The Kier molecular flexibility index (Phi) is 10.7. The van der Waals surface area contributed by atoms with Crippen LogP contribution in [0.15, 0.2) is 273 Å². The number of fused-ring (bicyclic) bond motifs is 1. The lowest BCUT2D eigenvalue weighted by Gasteiger charge is -2.27. The van der Waals surface area contributed by atoms with Crippen molar-refractivity contribution in [3.8, 4) is 77.9 Å². The fourth-order valence-electron chi connectivity index (χ4n) is 9.33. The van der Waals surface area contributed by atoms with Gasteiger partial charge in [0.15, 0.2) is 0 Å². The van der Waals surface area contributed by atoms with Crippen molar-refractivity contribution in [2.75, 3.05) is 4.90 Å². The van der Waals surface area contributed by atoms with E-state index in [4.69, 9.17) is 0 Å². The molecule has 0 atom stereocenters. The molecule has 11 aromatic rings. The van der Waals surface area contributed by atoms with E-state index in [1.807, 2.05) is 0 Å². The highest BCUT2D eigenvalue weighted by molar-refractivity contribution is 6.00. The predicted octanol–water partition coefficient (Wildman–Crippen LogP) is 18.0. The van der Waals surface area contributed by atoms with Crippen LogP contribution in [-0.2, 0) is 0 Å². The van der Waals surface area contributed by atoms with Crippen molar-refractivity contribution in [3.05, 3.63) is 273 Å². The minimum absolute atomic E-state index is 1.08. The first-order valence-electron chi connectivity index (χ1n) is 22.3. The van der Waals surface area contributed by atoms with Crippen molar-refractivity contribution in [1.82, 2.24) is 0 Å². The summed E-state index contributed by atoms with van der Waals surface area (Å²) in [7, 11) is 0. The summed E-state index contributed by atoms with van der Waals surface area (Å²) in [5.41, 5.74) is 20.0. The Morgan fingerprint density at radius 1 is 0.200 bits per heavy atom. The van der Waals surface area contributed by atoms with Crippen molar-refractivity contribution in [2.24, 2.45) is 0 Å². The summed E-state index contributed by atoms with van der Waals surface area (Å²) in [6.45, 7) is 0. The maximum atomic E-state index is 2.39. The molecular weight excluding hydrogens is 783 g/mol. The Bertz CT molecular complexity index is 3370. The highest BCUT2D eigenvalue weighted by Gasteiger charge is 2.20. The smallest absolute Gasteiger partial charge is 0.0467 e. The fourth-order valence-corrected chi connectivity index (χ4v) is 9.33. The Hall–Kier alpha value is -8.52. The van der Waals surface area contributed by atoms with Gasteiger partial charge >= 0.3 is 0 Å². The maximum Gasteiger partial charge on any atom is 0.0467 e. The summed E-state index contributed by atoms with van der Waals surface area (Å²) in [4.78, 5) is 2.39. The number of hydrogen-bond acceptors (Lipinski definition) is 1. The van der Waals surface area contributed by atoms with Crippen LogP contribution in [0, 0.1) is 0 Å². The third-order valence-electron chi connectivity index (χ3n) is 12.5. The zero-order valence-electron chi connectivity index (χ0n) is 35.9. The molecule has 0 N–H and O–H groups in total. The van der Waals surface area contributed by atoms with Gasteiger partial charge in [-0.25, -0.2) is 0 Å². The third-order valence-corrected chi connectivity index (χ3v) is 12.5. The van der Waals surface area contributed by atoms with E-state index in [0.29, 0.717) is 0 Å². The first-order valence-corrected chi connectivity index (χ1v) is 22.3. The zero-order valence-corrected chi connectivity index (χ0v) is 35.9. The van der Waals surface area contributed by atoms with Crippen molar-refractivity contribution in [3.63, 3.8) is 0 Å². The lowest BCUT2D eigenvalue weighted by molar-refractivity contribution is 1.28. The largest absolute Gasteiger partial charge is 0.310 e. The number of nitrogens with zero attached hydrogens (tertiary/aromatic N) is 1. The summed E-state index contributed by atoms with van der Waals surface area (Å²) in [6, 6.07) is 98.8. The van der Waals surface area contributed by atoms with Crippen LogP contribution in [-0.4, -0.2) is 0 Å². The van der Waals surface area contributed by atoms with Gasteiger partial charge in [-0.3, -0.25) is 0 Å². The van der Waals surface area contributed by atoms with E-state index >= 15 is 0 Å². The van der Waals surface area contributed by atoms with E-state index in [-0.39, 0.29) is 0 Å². The molecule has 0 bridgehead atoms. The molecule has 0 amide bonds. The zero-order chi connectivity index (χ0) is 43.4. The van der Waals surface area contributed by atoms with E-state index in [0.717, 1.165) is 22.6 Å². The van der Waals surface area contributed by atoms with Gasteiger partial charge in [0.1, 0.15) is 0 Å². The average molecular weight is 828 g/mol. The molecule has 11 aromatic carbocycles. The van der Waals surface area contributed by atoms with Crippen LogP contribution in [0.2, 0.25) is 0 Å². The van der Waals surface area contributed by atoms with Gasteiger partial charge in [-0.05, 0) is 125 Å². The second-order valence-electron chi connectivity index (χ2n) is 16.5. The number of benzene rings is 11. The Labute approximate surface area is 381 Å². The van der Waals surface area contributed by atoms with Crippen molar-refractivity contribution in [1.29, 1.82) is 0 Å². The van der Waals surface area contributed by atoms with Crippen molar-refractivity contribution in [2.45, 2.75) is 0 Å². The Morgan fingerprint density at radius 2 is 0.569 bits per heavy atom. The van der Waals surface area contributed by atoms with E-state index in [9.17, 15) is 0 Å². The average Bonchev–Trinajstić information content (AvgIpc) is 3.40. The molecule has 0 radical (unpaired) electrons. The minimum atomic E-state index is 1.08. The van der Waals surface area contributed by atoms with E-state index in [2.05, 4.69) is 278 Å². The van der Waals surface area contributed by atoms with E-state index in [1.165, 1.54) is 83.1 Å². The van der Waals surface area contributed by atoms with Gasteiger partial charge in [0.25, 0.3) is 0 Å². The fraction of sp³-hybridized carbons (Fsp3) is 0. The number of rotatable bonds is 10. The van der Waals surface area contributed by atoms with Gasteiger partial charge in [0, 0.05) is 17.1 Å². The maximum absolute atomic E-state index is 2.39. The topological polar surface area (TPSA) is 3.24 Å². The molecule has 0 unspecified atom stereocenters. The molecular formula is C64H45N. The van der Waals surface area contributed by atoms with Crippen molar-refractivity contribution >= 4 is 27.8 Å². The van der Waals surface area contributed by atoms with Gasteiger partial charge < -0.3 is 4.90 Å². The SMILES string of the molecule is c1ccc(-c2ccc(-c3ccc(N(c4ccc(-c5cccc6ccccc56)cc4)c4cccc(-c5cccc(-c6ccccc6)c5-c5ccccc5-c5ccccc5)c4)cc3)cc2)cc1. The Morgan fingerprint density at radius 3 is 1.20 bits per heavy atom. The number of hydrogen-bond donors (Lipinski definition) is 0. The van der Waals surface area contributed by atoms with E-state index < -0.39 is 0 Å². The standard InChI is InChI=1S/C64H45N/c1-4-17-46(18-5-1)47-33-35-48(36-34-47)49-37-41-55(42-38-49)65(56-43-39-53(40-44-56)59-30-15-24-51-23-10-11-27-58(51)59)57-26-14-25-54(45-57)62-32-16-31-61(52-21-8-3-9-22-52)64(62)63-29-13-12-28-60(63)50-19-6-2-7-20-50/h1-45H. The normalized spacial score (nSPS) is 11.1. The summed E-state index contributed by atoms with van der Waals surface area (Å²) < 4.78 is 0. The van der Waals surface area contributed by atoms with E-state index in [1.54, 1.807) is 0 Å². The highest BCUT2D eigenvalue weighted by Crippen LogP contribution is 2.46. The quantitative estimate of drug-likeness (QED) is 0.133. The second-order valence-corrected chi connectivity index (χ2v) is 16.5. The summed E-state index contributed by atoms with van der Waals surface area (Å²) >= 11 is 0. The Balaban J connectivity index is 1.04. The molecule has 0 heterocycles. The van der Waals surface area contributed by atoms with Crippen LogP contribution in [0.3, 0.4) is 0 Å². The van der Waals surface area contributed by atoms with Gasteiger partial charge in [0.2, 0.25) is 0 Å². The third kappa shape index (κ3) is 7.93. The molecule has 0 saturated heterocycles. The van der Waals surface area contributed by atoms with Crippen LogP contribution < -0.4 is 4.90 Å². The molecule has 1 heteroatoms. The second kappa shape index (κ2) is 17.7. The van der Waals surface area contributed by atoms with Crippen molar-refractivity contribution < 1.29 is 0 Å². The molecule has 0 aliphatic heterocycles. The molecule has 0 aliphatic rings. The minimum Gasteiger partial charge on any atom is -0.310 e. The lowest BCUT2D eigenvalue weighted by atomic mass is 9.84. The van der Waals surface area contributed by atoms with Crippen LogP contribution in [0.1, 0.15) is 0 Å². The highest BCUT2D eigenvalue weighted by atomic mass is 15.1. The molecule has 65 heavy (non-hydrogen) atoms. The van der Waals surface area contributed by atoms with Gasteiger partial charge in [-0.15, -0.1) is 0 Å². The summed E-state index contributed by atoms with van der Waals surface area (Å²) in [5, 5.41) is 2.49. The van der Waals surface area contributed by atoms with Crippen LogP contribution in [0.4, 0.5) is 17.1 Å². The molecule has 0 saturated carbocycles. The first-order chi connectivity index (χ1) is 32.2. The lowest BCUT2D eigenvalue weighted by Crippen LogP contribution is -2.10. The number of anilines is 3. The van der Waals surface area contributed by atoms with Gasteiger partial charge in [0.05, 0.1) is 0 Å². The predicted molar refractivity (Wildman–Crippen MR) is 277 cm³/mol. The van der Waals surface area contributed by atoms with Crippen LogP contribution in [0.25, 0.3) is 88.7 Å². The molecule has 0 aromatic heterocycles. The molecule has 11 rings (SSSR count). The monoisotopic (exact) mass is 827 g/mol. The molecule has 306 valence electrons. The first kappa shape index (κ1) is 39.3. The van der Waals surface area contributed by atoms with Gasteiger partial charge in [-0.1, -0.05) is 237 Å². The molecule has 0 aliphatic carbocycles. The molecule has 1 nitrogen and oxygen atoms in total. The van der Waals surface area contributed by atoms with Crippen LogP contribution in [0.5, 0.6) is 0 Å². The summed E-state index contributed by atoms with van der Waals surface area (Å²) in [5.74, 6) is 0. The van der Waals surface area contributed by atoms with Gasteiger partial charge in [-0.2, -0.15) is 0 Å². The molecule has 0 fully saturated rings. The van der Waals surface area contributed by atoms with Crippen LogP contribution >= 0.6 is 0 Å². The summed E-state index contributed by atoms with van der Waals surface area (Å²) in [6.07, 6.45) is 0. The molecule has 0 spiro atoms.